The van der Waals surface area contributed by atoms with Crippen molar-refractivity contribution >= 4 is 58.3 Å². The SMILES string of the molecule is Cc1cc(Cl)ccc1NC(=O)COC(=O)CNC(=O)c1ccc(Cl)c(Cl)c1. The second-order valence-corrected chi connectivity index (χ2v) is 6.73. The lowest BCUT2D eigenvalue weighted by Gasteiger charge is -2.10. The molecule has 2 N–H and O–H groups in total. The van der Waals surface area contributed by atoms with Crippen molar-refractivity contribution in [1.82, 2.24) is 5.32 Å². The monoisotopic (exact) mass is 428 g/mol. The number of halogens is 3. The molecular formula is C18H15Cl3N2O4. The summed E-state index contributed by atoms with van der Waals surface area (Å²) in [4.78, 5) is 35.5. The van der Waals surface area contributed by atoms with Crippen LogP contribution >= 0.6 is 34.8 Å². The van der Waals surface area contributed by atoms with Crippen molar-refractivity contribution < 1.29 is 19.1 Å². The number of rotatable bonds is 6. The second kappa shape index (κ2) is 9.60. The van der Waals surface area contributed by atoms with Crippen LogP contribution in [0.15, 0.2) is 36.4 Å². The van der Waals surface area contributed by atoms with Gasteiger partial charge in [-0.05, 0) is 48.9 Å². The first-order valence-electron chi connectivity index (χ1n) is 7.71. The summed E-state index contributed by atoms with van der Waals surface area (Å²) >= 11 is 17.5. The average Bonchev–Trinajstić information content (AvgIpc) is 2.62. The highest BCUT2D eigenvalue weighted by molar-refractivity contribution is 6.42. The van der Waals surface area contributed by atoms with Gasteiger partial charge in [0.05, 0.1) is 10.0 Å². The van der Waals surface area contributed by atoms with Gasteiger partial charge in [0.15, 0.2) is 6.61 Å². The molecule has 0 aliphatic rings. The van der Waals surface area contributed by atoms with E-state index >= 15 is 0 Å². The van der Waals surface area contributed by atoms with Crippen LogP contribution in [0.25, 0.3) is 0 Å². The maximum absolute atomic E-state index is 11.9. The fraction of sp³-hybridized carbons (Fsp3) is 0.167. The molecule has 0 heterocycles. The van der Waals surface area contributed by atoms with Gasteiger partial charge in [-0.3, -0.25) is 14.4 Å². The molecule has 0 aromatic heterocycles. The molecule has 0 saturated carbocycles. The molecule has 2 rings (SSSR count). The van der Waals surface area contributed by atoms with Crippen LogP contribution in [0.4, 0.5) is 5.69 Å². The third-order valence-corrected chi connectivity index (χ3v) is 4.38. The highest BCUT2D eigenvalue weighted by Gasteiger charge is 2.12. The Bertz CT molecular complexity index is 887. The average molecular weight is 430 g/mol. The number of hydrogen-bond acceptors (Lipinski definition) is 4. The van der Waals surface area contributed by atoms with Crippen molar-refractivity contribution in [3.63, 3.8) is 0 Å². The van der Waals surface area contributed by atoms with Crippen LogP contribution in [0.1, 0.15) is 15.9 Å². The first-order chi connectivity index (χ1) is 12.8. The van der Waals surface area contributed by atoms with E-state index in [2.05, 4.69) is 10.6 Å². The molecule has 2 amide bonds. The number of ether oxygens (including phenoxy) is 1. The van der Waals surface area contributed by atoms with E-state index in [-0.39, 0.29) is 10.6 Å². The minimum absolute atomic E-state index is 0.223. The number of carbonyl (C=O) groups is 3. The van der Waals surface area contributed by atoms with Crippen LogP contribution in [-0.2, 0) is 14.3 Å². The minimum Gasteiger partial charge on any atom is -0.454 e. The quantitative estimate of drug-likeness (QED) is 0.683. The Morgan fingerprint density at radius 1 is 1.00 bits per heavy atom. The molecule has 0 aliphatic carbocycles. The highest BCUT2D eigenvalue weighted by atomic mass is 35.5. The molecule has 0 fully saturated rings. The van der Waals surface area contributed by atoms with Gasteiger partial charge in [0, 0.05) is 16.3 Å². The smallest absolute Gasteiger partial charge is 0.325 e. The Hall–Kier alpha value is -2.28. The Kier molecular flexibility index (Phi) is 7.47. The fourth-order valence-electron chi connectivity index (χ4n) is 2.04. The maximum Gasteiger partial charge on any atom is 0.325 e. The number of benzene rings is 2. The van der Waals surface area contributed by atoms with Crippen LogP contribution in [0.5, 0.6) is 0 Å². The van der Waals surface area contributed by atoms with E-state index in [1.165, 1.54) is 18.2 Å². The number of anilines is 1. The van der Waals surface area contributed by atoms with Crippen molar-refractivity contribution in [3.8, 4) is 0 Å². The summed E-state index contributed by atoms with van der Waals surface area (Å²) in [5, 5.41) is 6.07. The van der Waals surface area contributed by atoms with Gasteiger partial charge < -0.3 is 15.4 Å². The molecule has 27 heavy (non-hydrogen) atoms. The second-order valence-electron chi connectivity index (χ2n) is 5.48. The van der Waals surface area contributed by atoms with Gasteiger partial charge in [-0.25, -0.2) is 0 Å². The standard InChI is InChI=1S/C18H15Cl3N2O4/c1-10-6-12(19)3-5-15(10)23-16(24)9-27-17(25)8-22-18(26)11-2-4-13(20)14(21)7-11/h2-7H,8-9H2,1H3,(H,22,26)(H,23,24). The van der Waals surface area contributed by atoms with Gasteiger partial charge in [-0.1, -0.05) is 34.8 Å². The summed E-state index contributed by atoms with van der Waals surface area (Å²) in [6.45, 7) is 0.905. The van der Waals surface area contributed by atoms with Crippen molar-refractivity contribution in [2.45, 2.75) is 6.92 Å². The molecule has 0 unspecified atom stereocenters. The Morgan fingerprint density at radius 2 is 1.74 bits per heavy atom. The van der Waals surface area contributed by atoms with E-state index in [0.717, 1.165) is 5.56 Å². The summed E-state index contributed by atoms with van der Waals surface area (Å²) in [7, 11) is 0. The first-order valence-corrected chi connectivity index (χ1v) is 8.84. The topological polar surface area (TPSA) is 84.5 Å². The predicted molar refractivity (Wildman–Crippen MR) is 105 cm³/mol. The summed E-state index contributed by atoms with van der Waals surface area (Å²) in [5.41, 5.74) is 1.58. The van der Waals surface area contributed by atoms with Gasteiger partial charge >= 0.3 is 5.97 Å². The lowest BCUT2D eigenvalue weighted by molar-refractivity contribution is -0.146. The molecule has 6 nitrogen and oxygen atoms in total. The van der Waals surface area contributed by atoms with Crippen molar-refractivity contribution in [3.05, 3.63) is 62.6 Å². The zero-order valence-electron chi connectivity index (χ0n) is 14.1. The van der Waals surface area contributed by atoms with Crippen LogP contribution in [-0.4, -0.2) is 30.9 Å². The Labute approximate surface area is 170 Å². The minimum atomic E-state index is -0.758. The third-order valence-electron chi connectivity index (χ3n) is 3.40. The predicted octanol–water partition coefficient (Wildman–Crippen LogP) is 3.87. The van der Waals surface area contributed by atoms with Crippen molar-refractivity contribution in [2.24, 2.45) is 0 Å². The lowest BCUT2D eigenvalue weighted by atomic mass is 10.2. The fourth-order valence-corrected chi connectivity index (χ4v) is 2.57. The van der Waals surface area contributed by atoms with Crippen LogP contribution in [0, 0.1) is 6.92 Å². The summed E-state index contributed by atoms with van der Waals surface area (Å²) in [5.74, 6) is -1.79. The zero-order valence-corrected chi connectivity index (χ0v) is 16.4. The Balaban J connectivity index is 1.77. The molecule has 2 aromatic rings. The first kappa shape index (κ1) is 21.0. The summed E-state index contributed by atoms with van der Waals surface area (Å²) in [6, 6.07) is 9.30. The third kappa shape index (κ3) is 6.43. The van der Waals surface area contributed by atoms with E-state index in [1.54, 1.807) is 25.1 Å². The van der Waals surface area contributed by atoms with Gasteiger partial charge in [-0.15, -0.1) is 0 Å². The summed E-state index contributed by atoms with van der Waals surface area (Å²) < 4.78 is 4.83. The molecule has 0 aliphatic heterocycles. The van der Waals surface area contributed by atoms with Crippen LogP contribution < -0.4 is 10.6 Å². The van der Waals surface area contributed by atoms with Crippen molar-refractivity contribution in [1.29, 1.82) is 0 Å². The zero-order chi connectivity index (χ0) is 20.0. The van der Waals surface area contributed by atoms with E-state index in [1.807, 2.05) is 0 Å². The number of hydrogen-bond donors (Lipinski definition) is 2. The van der Waals surface area contributed by atoms with Crippen molar-refractivity contribution in [2.75, 3.05) is 18.5 Å². The van der Waals surface area contributed by atoms with Gasteiger partial charge in [0.2, 0.25) is 0 Å². The molecule has 0 saturated heterocycles. The largest absolute Gasteiger partial charge is 0.454 e. The summed E-state index contributed by atoms with van der Waals surface area (Å²) in [6.07, 6.45) is 0. The van der Waals surface area contributed by atoms with E-state index in [9.17, 15) is 14.4 Å². The van der Waals surface area contributed by atoms with Gasteiger partial charge in [-0.2, -0.15) is 0 Å². The molecule has 9 heteroatoms. The molecule has 142 valence electrons. The molecule has 0 bridgehead atoms. The van der Waals surface area contributed by atoms with Gasteiger partial charge in [0.1, 0.15) is 6.54 Å². The normalized spacial score (nSPS) is 10.2. The molecular weight excluding hydrogens is 415 g/mol. The molecule has 0 radical (unpaired) electrons. The van der Waals surface area contributed by atoms with E-state index in [0.29, 0.717) is 15.7 Å². The lowest BCUT2D eigenvalue weighted by Crippen LogP contribution is -2.32. The molecule has 0 spiro atoms. The maximum atomic E-state index is 11.9. The van der Waals surface area contributed by atoms with E-state index < -0.39 is 30.9 Å². The molecule has 2 aromatic carbocycles. The number of amides is 2. The Morgan fingerprint density at radius 3 is 2.41 bits per heavy atom. The number of esters is 1. The van der Waals surface area contributed by atoms with Crippen LogP contribution in [0.2, 0.25) is 15.1 Å². The highest BCUT2D eigenvalue weighted by Crippen LogP contribution is 2.22. The van der Waals surface area contributed by atoms with Gasteiger partial charge in [0.25, 0.3) is 11.8 Å². The molecule has 0 atom stereocenters. The van der Waals surface area contributed by atoms with Crippen LogP contribution in [0.3, 0.4) is 0 Å². The number of aryl methyl sites for hydroxylation is 1. The number of nitrogens with one attached hydrogen (secondary N) is 2. The number of carbonyl (C=O) groups excluding carboxylic acids is 3. The van der Waals surface area contributed by atoms with E-state index in [4.69, 9.17) is 39.5 Å².